The predicted molar refractivity (Wildman–Crippen MR) is 81.4 cm³/mol. The number of anilines is 1. The van der Waals surface area contributed by atoms with Gasteiger partial charge in [-0.1, -0.05) is 36.2 Å². The summed E-state index contributed by atoms with van der Waals surface area (Å²) in [6.07, 6.45) is 0.585. The normalized spacial score (nSPS) is 18.6. The molecule has 1 heterocycles. The van der Waals surface area contributed by atoms with Crippen LogP contribution < -0.4 is 4.90 Å². The molecule has 1 fully saturated rings. The molecule has 0 bridgehead atoms. The monoisotopic (exact) mass is 302 g/mol. The molecule has 0 aromatic heterocycles. The van der Waals surface area contributed by atoms with Crippen molar-refractivity contribution < 1.29 is 5.11 Å². The van der Waals surface area contributed by atoms with Crippen molar-refractivity contribution in [2.45, 2.75) is 19.4 Å². The van der Waals surface area contributed by atoms with Crippen molar-refractivity contribution >= 4 is 28.9 Å². The van der Waals surface area contributed by atoms with Crippen molar-refractivity contribution in [2.75, 3.05) is 37.6 Å². The molecular formula is C14H20Cl2N2O. The molecule has 0 saturated carbocycles. The first-order chi connectivity index (χ1) is 9.11. The van der Waals surface area contributed by atoms with E-state index in [1.165, 1.54) is 0 Å². The van der Waals surface area contributed by atoms with Crippen LogP contribution in [-0.2, 0) is 0 Å². The van der Waals surface area contributed by atoms with Crippen LogP contribution in [0.3, 0.4) is 0 Å². The summed E-state index contributed by atoms with van der Waals surface area (Å²) in [5.41, 5.74) is 1.00. The summed E-state index contributed by atoms with van der Waals surface area (Å²) < 4.78 is 0. The molecule has 1 saturated heterocycles. The van der Waals surface area contributed by atoms with E-state index < -0.39 is 0 Å². The Kier molecular flexibility index (Phi) is 5.34. The Balaban J connectivity index is 1.94. The molecule has 0 radical (unpaired) electrons. The van der Waals surface area contributed by atoms with Crippen molar-refractivity contribution in [1.82, 2.24) is 4.90 Å². The van der Waals surface area contributed by atoms with Gasteiger partial charge in [-0.3, -0.25) is 4.90 Å². The van der Waals surface area contributed by atoms with Crippen LogP contribution in [0.15, 0.2) is 18.2 Å². The third-order valence-corrected chi connectivity index (χ3v) is 4.39. The van der Waals surface area contributed by atoms with E-state index in [-0.39, 0.29) is 6.10 Å². The first-order valence-electron chi connectivity index (χ1n) is 6.71. The van der Waals surface area contributed by atoms with Crippen molar-refractivity contribution in [3.8, 4) is 0 Å². The van der Waals surface area contributed by atoms with Gasteiger partial charge >= 0.3 is 0 Å². The Hall–Kier alpha value is -0.480. The predicted octanol–water partition coefficient (Wildman–Crippen LogP) is 2.89. The fourth-order valence-electron chi connectivity index (χ4n) is 2.34. The smallest absolute Gasteiger partial charge is 0.0825 e. The first kappa shape index (κ1) is 14.9. The maximum Gasteiger partial charge on any atom is 0.0825 e. The van der Waals surface area contributed by atoms with Gasteiger partial charge in [-0.25, -0.2) is 0 Å². The van der Waals surface area contributed by atoms with Crippen molar-refractivity contribution in [1.29, 1.82) is 0 Å². The maximum absolute atomic E-state index is 9.68. The molecule has 2 rings (SSSR count). The number of aliphatic hydroxyl groups excluding tert-OH is 1. The van der Waals surface area contributed by atoms with Crippen LogP contribution >= 0.6 is 23.2 Å². The zero-order valence-electron chi connectivity index (χ0n) is 11.1. The van der Waals surface area contributed by atoms with Crippen LogP contribution in [0.25, 0.3) is 0 Å². The Bertz CT molecular complexity index is 420. The highest BCUT2D eigenvalue weighted by atomic mass is 35.5. The summed E-state index contributed by atoms with van der Waals surface area (Å²) in [4.78, 5) is 4.55. The standard InChI is InChI=1S/C14H20Cl2N2O/c1-2-11(19)10-17-6-8-18(9-7-17)13-5-3-4-12(15)14(13)16/h3-5,11,19H,2,6-10H2,1H3/t11-/m0/s1. The summed E-state index contributed by atoms with van der Waals surface area (Å²) in [6, 6.07) is 5.74. The summed E-state index contributed by atoms with van der Waals surface area (Å²) in [5.74, 6) is 0. The number of aliphatic hydroxyl groups is 1. The Morgan fingerprint density at radius 2 is 1.89 bits per heavy atom. The lowest BCUT2D eigenvalue weighted by molar-refractivity contribution is 0.106. The van der Waals surface area contributed by atoms with Gasteiger partial charge in [0, 0.05) is 32.7 Å². The molecule has 19 heavy (non-hydrogen) atoms. The fourth-order valence-corrected chi connectivity index (χ4v) is 2.75. The van der Waals surface area contributed by atoms with Crippen molar-refractivity contribution in [2.24, 2.45) is 0 Å². The van der Waals surface area contributed by atoms with E-state index in [1.807, 2.05) is 19.1 Å². The lowest BCUT2D eigenvalue weighted by atomic mass is 10.2. The van der Waals surface area contributed by atoms with Crippen molar-refractivity contribution in [3.05, 3.63) is 28.2 Å². The van der Waals surface area contributed by atoms with Gasteiger partial charge in [0.05, 0.1) is 21.8 Å². The molecule has 0 unspecified atom stereocenters. The van der Waals surface area contributed by atoms with Gasteiger partial charge in [-0.15, -0.1) is 0 Å². The number of β-amino-alcohol motifs (C(OH)–C–C–N with tert-alkyl or cyclic N) is 1. The summed E-state index contributed by atoms with van der Waals surface area (Å²) in [7, 11) is 0. The highest BCUT2D eigenvalue weighted by Crippen LogP contribution is 2.32. The van der Waals surface area contributed by atoms with Crippen LogP contribution in [0.2, 0.25) is 10.0 Å². The average molecular weight is 303 g/mol. The minimum Gasteiger partial charge on any atom is -0.392 e. The number of hydrogen-bond donors (Lipinski definition) is 1. The molecule has 0 aliphatic carbocycles. The van der Waals surface area contributed by atoms with Gasteiger partial charge < -0.3 is 10.0 Å². The Labute approximate surface area is 124 Å². The summed E-state index contributed by atoms with van der Waals surface area (Å²) in [6.45, 7) is 6.48. The lowest BCUT2D eigenvalue weighted by Gasteiger charge is -2.37. The van der Waals surface area contributed by atoms with Gasteiger partial charge in [0.15, 0.2) is 0 Å². The summed E-state index contributed by atoms with van der Waals surface area (Å²) >= 11 is 12.3. The first-order valence-corrected chi connectivity index (χ1v) is 7.46. The molecule has 1 aromatic rings. The van der Waals surface area contributed by atoms with Gasteiger partial charge in [-0.2, -0.15) is 0 Å². The highest BCUT2D eigenvalue weighted by Gasteiger charge is 2.20. The van der Waals surface area contributed by atoms with E-state index in [9.17, 15) is 5.11 Å². The van der Waals surface area contributed by atoms with E-state index in [0.29, 0.717) is 10.0 Å². The SMILES string of the molecule is CC[C@H](O)CN1CCN(c2cccc(Cl)c2Cl)CC1. The molecule has 1 aromatic carbocycles. The quantitative estimate of drug-likeness (QED) is 0.926. The van der Waals surface area contributed by atoms with E-state index in [0.717, 1.165) is 44.8 Å². The minimum atomic E-state index is -0.221. The topological polar surface area (TPSA) is 26.7 Å². The second-order valence-corrected chi connectivity index (χ2v) is 5.71. The largest absolute Gasteiger partial charge is 0.392 e. The zero-order chi connectivity index (χ0) is 13.8. The number of piperazine rings is 1. The van der Waals surface area contributed by atoms with Crippen molar-refractivity contribution in [3.63, 3.8) is 0 Å². The van der Waals surface area contributed by atoms with E-state index in [2.05, 4.69) is 9.80 Å². The zero-order valence-corrected chi connectivity index (χ0v) is 12.7. The Morgan fingerprint density at radius 3 is 2.53 bits per heavy atom. The maximum atomic E-state index is 9.68. The van der Waals surface area contributed by atoms with E-state index >= 15 is 0 Å². The lowest BCUT2D eigenvalue weighted by Crippen LogP contribution is -2.48. The third-order valence-electron chi connectivity index (χ3n) is 3.58. The van der Waals surface area contributed by atoms with Crippen LogP contribution in [-0.4, -0.2) is 48.8 Å². The molecular weight excluding hydrogens is 283 g/mol. The second-order valence-electron chi connectivity index (χ2n) is 4.92. The number of rotatable bonds is 4. The molecule has 0 spiro atoms. The molecule has 3 nitrogen and oxygen atoms in total. The molecule has 0 amide bonds. The van der Waals surface area contributed by atoms with Gasteiger partial charge in [0.2, 0.25) is 0 Å². The van der Waals surface area contributed by atoms with Crippen LogP contribution in [0.5, 0.6) is 0 Å². The molecule has 1 aliphatic heterocycles. The van der Waals surface area contributed by atoms with Gasteiger partial charge in [0.1, 0.15) is 0 Å². The second kappa shape index (κ2) is 6.80. The fraction of sp³-hybridized carbons (Fsp3) is 0.571. The average Bonchev–Trinajstić information content (AvgIpc) is 2.43. The third kappa shape index (κ3) is 3.76. The number of benzene rings is 1. The molecule has 1 aliphatic rings. The number of halogens is 2. The van der Waals surface area contributed by atoms with E-state index in [1.54, 1.807) is 6.07 Å². The van der Waals surface area contributed by atoms with Gasteiger partial charge in [0.25, 0.3) is 0 Å². The number of hydrogen-bond acceptors (Lipinski definition) is 3. The van der Waals surface area contributed by atoms with Crippen LogP contribution in [0.1, 0.15) is 13.3 Å². The van der Waals surface area contributed by atoms with Gasteiger partial charge in [-0.05, 0) is 18.6 Å². The molecule has 106 valence electrons. The molecule has 1 N–H and O–H groups in total. The minimum absolute atomic E-state index is 0.221. The Morgan fingerprint density at radius 1 is 1.21 bits per heavy atom. The van der Waals surface area contributed by atoms with E-state index in [4.69, 9.17) is 23.2 Å². The number of nitrogens with zero attached hydrogens (tertiary/aromatic N) is 2. The van der Waals surface area contributed by atoms with Crippen LogP contribution in [0, 0.1) is 0 Å². The molecule has 1 atom stereocenters. The van der Waals surface area contributed by atoms with Crippen LogP contribution in [0.4, 0.5) is 5.69 Å². The summed E-state index contributed by atoms with van der Waals surface area (Å²) in [5, 5.41) is 10.9. The highest BCUT2D eigenvalue weighted by molar-refractivity contribution is 6.43. The molecule has 5 heteroatoms.